The lowest BCUT2D eigenvalue weighted by Gasteiger charge is -2.09. The van der Waals surface area contributed by atoms with Crippen LogP contribution in [0.3, 0.4) is 0 Å². The molecule has 1 rings (SSSR count). The van der Waals surface area contributed by atoms with Crippen LogP contribution in [0.4, 0.5) is 19.0 Å². The molecule has 0 saturated carbocycles. The molecule has 0 unspecified atom stereocenters. The molecule has 1 aromatic rings. The minimum absolute atomic E-state index is 0.164. The van der Waals surface area contributed by atoms with Crippen molar-refractivity contribution in [3.8, 4) is 0 Å². The first kappa shape index (κ1) is 12.7. The van der Waals surface area contributed by atoms with Crippen molar-refractivity contribution in [3.63, 3.8) is 0 Å². The average Bonchev–Trinajstić information content (AvgIpc) is 2.14. The molecule has 0 aliphatic heterocycles. The number of rotatable bonds is 4. The molecule has 1 aromatic heterocycles. The lowest BCUT2D eigenvalue weighted by Crippen LogP contribution is -2.15. The lowest BCUT2D eigenvalue weighted by atomic mass is 10.3. The van der Waals surface area contributed by atoms with Crippen molar-refractivity contribution in [2.75, 3.05) is 11.9 Å². The molecule has 90 valence electrons. The van der Waals surface area contributed by atoms with Crippen LogP contribution in [0.5, 0.6) is 0 Å². The second-order valence-corrected chi connectivity index (χ2v) is 3.44. The number of nitrogens with zero attached hydrogens (tertiary/aromatic N) is 2. The quantitative estimate of drug-likeness (QED) is 0.868. The first-order valence-corrected chi connectivity index (χ1v) is 5.06. The van der Waals surface area contributed by atoms with Crippen molar-refractivity contribution < 1.29 is 13.2 Å². The Morgan fingerprint density at radius 1 is 1.31 bits per heavy atom. The number of halogens is 3. The van der Waals surface area contributed by atoms with Gasteiger partial charge >= 0.3 is 6.18 Å². The van der Waals surface area contributed by atoms with E-state index in [0.717, 1.165) is 12.1 Å². The highest BCUT2D eigenvalue weighted by atomic mass is 19.4. The summed E-state index contributed by atoms with van der Waals surface area (Å²) < 4.78 is 35.7. The van der Waals surface area contributed by atoms with E-state index in [4.69, 9.17) is 0 Å². The number of anilines is 1. The second kappa shape index (κ2) is 5.14. The summed E-state index contributed by atoms with van der Waals surface area (Å²) in [5, 5.41) is 2.65. The molecule has 0 aliphatic rings. The third-order valence-corrected chi connectivity index (χ3v) is 1.97. The van der Waals surface area contributed by atoms with Gasteiger partial charge in [-0.05, 0) is 13.3 Å². The van der Waals surface area contributed by atoms with E-state index in [1.807, 2.05) is 6.92 Å². The fraction of sp³-hybridized carbons (Fsp3) is 0.600. The summed E-state index contributed by atoms with van der Waals surface area (Å²) in [6.07, 6.45) is -4.27. The topological polar surface area (TPSA) is 37.8 Å². The number of nitrogens with one attached hydrogen (secondary N) is 1. The highest BCUT2D eigenvalue weighted by Crippen LogP contribution is 2.19. The third kappa shape index (κ3) is 4.46. The largest absolute Gasteiger partial charge is 0.390 e. The molecule has 0 saturated heterocycles. The van der Waals surface area contributed by atoms with Crippen LogP contribution in [0, 0.1) is 6.92 Å². The normalized spacial score (nSPS) is 11.6. The first-order valence-electron chi connectivity index (χ1n) is 5.06. The van der Waals surface area contributed by atoms with Crippen molar-refractivity contribution in [1.29, 1.82) is 0 Å². The maximum absolute atomic E-state index is 11.9. The van der Waals surface area contributed by atoms with Crippen LogP contribution in [0.2, 0.25) is 0 Å². The molecule has 0 bridgehead atoms. The van der Waals surface area contributed by atoms with Crippen LogP contribution < -0.4 is 5.32 Å². The van der Waals surface area contributed by atoms with Crippen LogP contribution >= 0.6 is 0 Å². The minimum Gasteiger partial charge on any atom is -0.370 e. The summed E-state index contributed by atoms with van der Waals surface area (Å²) in [4.78, 5) is 8.15. The van der Waals surface area contributed by atoms with E-state index < -0.39 is 12.6 Å². The number of aryl methyl sites for hydroxylation is 2. The molecule has 0 aliphatic carbocycles. The summed E-state index contributed by atoms with van der Waals surface area (Å²) in [6, 6.07) is 1.67. The molecule has 0 atom stereocenters. The molecule has 6 heteroatoms. The predicted molar refractivity (Wildman–Crippen MR) is 55.3 cm³/mol. The van der Waals surface area contributed by atoms with Crippen molar-refractivity contribution in [2.24, 2.45) is 0 Å². The standard InChI is InChI=1S/C10H14F3N3/c1-3-8-6-9(16-7(2)15-8)14-5-4-10(11,12)13/h6H,3-5H2,1-2H3,(H,14,15,16). The molecule has 0 amide bonds. The fourth-order valence-electron chi connectivity index (χ4n) is 1.23. The fourth-order valence-corrected chi connectivity index (χ4v) is 1.23. The van der Waals surface area contributed by atoms with E-state index in [9.17, 15) is 13.2 Å². The zero-order valence-corrected chi connectivity index (χ0v) is 9.23. The monoisotopic (exact) mass is 233 g/mol. The Labute approximate surface area is 92.1 Å². The van der Waals surface area contributed by atoms with E-state index in [1.54, 1.807) is 13.0 Å². The SMILES string of the molecule is CCc1cc(NCCC(F)(F)F)nc(C)n1. The van der Waals surface area contributed by atoms with Crippen molar-refractivity contribution in [2.45, 2.75) is 32.9 Å². The van der Waals surface area contributed by atoms with Crippen LogP contribution in [0.25, 0.3) is 0 Å². The summed E-state index contributed by atoms with van der Waals surface area (Å²) in [5.41, 5.74) is 0.821. The van der Waals surface area contributed by atoms with E-state index >= 15 is 0 Å². The third-order valence-electron chi connectivity index (χ3n) is 1.97. The van der Waals surface area contributed by atoms with Gasteiger partial charge < -0.3 is 5.32 Å². The zero-order chi connectivity index (χ0) is 12.2. The molecule has 16 heavy (non-hydrogen) atoms. The Kier molecular flexibility index (Phi) is 4.09. The maximum Gasteiger partial charge on any atom is 0.390 e. The van der Waals surface area contributed by atoms with Gasteiger partial charge in [0.05, 0.1) is 6.42 Å². The van der Waals surface area contributed by atoms with Gasteiger partial charge in [0, 0.05) is 18.3 Å². The molecule has 1 N–H and O–H groups in total. The Morgan fingerprint density at radius 3 is 2.56 bits per heavy atom. The van der Waals surface area contributed by atoms with Gasteiger partial charge in [0.15, 0.2) is 0 Å². The molecular formula is C10H14F3N3. The zero-order valence-electron chi connectivity index (χ0n) is 9.23. The molecule has 3 nitrogen and oxygen atoms in total. The molecule has 0 fully saturated rings. The van der Waals surface area contributed by atoms with Gasteiger partial charge in [0.1, 0.15) is 11.6 Å². The van der Waals surface area contributed by atoms with E-state index in [0.29, 0.717) is 11.6 Å². The van der Waals surface area contributed by atoms with E-state index in [1.165, 1.54) is 0 Å². The lowest BCUT2D eigenvalue weighted by molar-refractivity contribution is -0.131. The summed E-state index contributed by atoms with van der Waals surface area (Å²) in [5.74, 6) is 1.02. The minimum atomic E-state index is -4.14. The first-order chi connectivity index (χ1) is 7.40. The van der Waals surface area contributed by atoms with Crippen molar-refractivity contribution >= 4 is 5.82 Å². The van der Waals surface area contributed by atoms with Gasteiger partial charge in [0.25, 0.3) is 0 Å². The van der Waals surface area contributed by atoms with Crippen molar-refractivity contribution in [1.82, 2.24) is 9.97 Å². The number of hydrogen-bond acceptors (Lipinski definition) is 3. The predicted octanol–water partition coefficient (Wildman–Crippen LogP) is 2.71. The number of alkyl halides is 3. The van der Waals surface area contributed by atoms with Crippen LogP contribution in [-0.4, -0.2) is 22.7 Å². The van der Waals surface area contributed by atoms with Crippen LogP contribution in [0.15, 0.2) is 6.07 Å². The smallest absolute Gasteiger partial charge is 0.370 e. The van der Waals surface area contributed by atoms with Gasteiger partial charge in [-0.25, -0.2) is 9.97 Å². The molecule has 0 radical (unpaired) electrons. The van der Waals surface area contributed by atoms with Gasteiger partial charge in [-0.1, -0.05) is 6.92 Å². The molecule has 1 heterocycles. The highest BCUT2D eigenvalue weighted by Gasteiger charge is 2.26. The summed E-state index contributed by atoms with van der Waals surface area (Å²) in [6.45, 7) is 3.48. The van der Waals surface area contributed by atoms with Gasteiger partial charge in [0.2, 0.25) is 0 Å². The Morgan fingerprint density at radius 2 is 2.00 bits per heavy atom. The van der Waals surface area contributed by atoms with E-state index in [2.05, 4.69) is 15.3 Å². The summed E-state index contributed by atoms with van der Waals surface area (Å²) >= 11 is 0. The van der Waals surface area contributed by atoms with Gasteiger partial charge in [-0.15, -0.1) is 0 Å². The average molecular weight is 233 g/mol. The summed E-state index contributed by atoms with van der Waals surface area (Å²) in [7, 11) is 0. The van der Waals surface area contributed by atoms with Crippen molar-refractivity contribution in [3.05, 3.63) is 17.6 Å². The number of hydrogen-bond donors (Lipinski definition) is 1. The van der Waals surface area contributed by atoms with Crippen LogP contribution in [0.1, 0.15) is 24.9 Å². The Balaban J connectivity index is 2.57. The molecule has 0 aromatic carbocycles. The molecule has 0 spiro atoms. The maximum atomic E-state index is 11.9. The van der Waals surface area contributed by atoms with Crippen LogP contribution in [-0.2, 0) is 6.42 Å². The van der Waals surface area contributed by atoms with Gasteiger partial charge in [-0.2, -0.15) is 13.2 Å². The van der Waals surface area contributed by atoms with Gasteiger partial charge in [-0.3, -0.25) is 0 Å². The van der Waals surface area contributed by atoms with E-state index in [-0.39, 0.29) is 6.54 Å². The Hall–Kier alpha value is -1.33. The Bertz CT molecular complexity index is 350. The molecular weight excluding hydrogens is 219 g/mol. The highest BCUT2D eigenvalue weighted by molar-refractivity contribution is 5.35. The second-order valence-electron chi connectivity index (χ2n) is 3.44. The number of aromatic nitrogens is 2.